The van der Waals surface area contributed by atoms with E-state index in [9.17, 15) is 5.11 Å². The number of aromatic nitrogens is 2. The van der Waals surface area contributed by atoms with Crippen molar-refractivity contribution >= 4 is 0 Å². The zero-order valence-corrected chi connectivity index (χ0v) is 11.5. The third kappa shape index (κ3) is 2.07. The van der Waals surface area contributed by atoms with E-state index in [1.165, 1.54) is 0 Å². The molecule has 0 unspecified atom stereocenters. The van der Waals surface area contributed by atoms with E-state index in [4.69, 9.17) is 0 Å². The van der Waals surface area contributed by atoms with Crippen molar-refractivity contribution in [1.29, 1.82) is 0 Å². The summed E-state index contributed by atoms with van der Waals surface area (Å²) in [5.74, 6) is 0.197. The third-order valence-corrected chi connectivity index (χ3v) is 3.46. The molecule has 3 heteroatoms. The molecule has 20 heavy (non-hydrogen) atoms. The molecular formula is C17H16N2O. The van der Waals surface area contributed by atoms with E-state index in [2.05, 4.69) is 5.10 Å². The van der Waals surface area contributed by atoms with Crippen LogP contribution in [0.25, 0.3) is 16.9 Å². The van der Waals surface area contributed by atoms with Crippen LogP contribution in [0.4, 0.5) is 0 Å². The van der Waals surface area contributed by atoms with Gasteiger partial charge >= 0.3 is 0 Å². The maximum absolute atomic E-state index is 10.2. The number of para-hydroxylation sites is 1. The van der Waals surface area contributed by atoms with Crippen molar-refractivity contribution in [2.24, 2.45) is 0 Å². The van der Waals surface area contributed by atoms with Gasteiger partial charge in [-0.05, 0) is 31.0 Å². The fraction of sp³-hybridized carbons (Fsp3) is 0.118. The highest BCUT2D eigenvalue weighted by Crippen LogP contribution is 2.31. The Morgan fingerprint density at radius 2 is 1.55 bits per heavy atom. The minimum absolute atomic E-state index is 0.197. The largest absolute Gasteiger partial charge is 0.504 e. The molecule has 0 spiro atoms. The summed E-state index contributed by atoms with van der Waals surface area (Å²) < 4.78 is 1.73. The van der Waals surface area contributed by atoms with E-state index < -0.39 is 0 Å². The summed E-state index contributed by atoms with van der Waals surface area (Å²) in [4.78, 5) is 0. The van der Waals surface area contributed by atoms with Gasteiger partial charge in [-0.15, -0.1) is 0 Å². The van der Waals surface area contributed by atoms with E-state index in [1.807, 2.05) is 62.4 Å². The molecule has 3 nitrogen and oxygen atoms in total. The topological polar surface area (TPSA) is 38.0 Å². The monoisotopic (exact) mass is 264 g/mol. The molecule has 0 aliphatic heterocycles. The molecule has 0 saturated heterocycles. The van der Waals surface area contributed by atoms with Crippen molar-refractivity contribution in [3.05, 3.63) is 65.9 Å². The van der Waals surface area contributed by atoms with E-state index >= 15 is 0 Å². The number of hydrogen-bond acceptors (Lipinski definition) is 2. The number of benzene rings is 2. The standard InChI is InChI=1S/C17H16N2O/c1-12-7-3-5-9-14(12)17-16(20)11-19(18-17)15-10-6-4-8-13(15)2/h3-11,20H,1-2H3. The first kappa shape index (κ1) is 12.5. The van der Waals surface area contributed by atoms with Gasteiger partial charge in [-0.1, -0.05) is 42.5 Å². The fourth-order valence-corrected chi connectivity index (χ4v) is 2.34. The van der Waals surface area contributed by atoms with Gasteiger partial charge in [0.15, 0.2) is 5.75 Å². The average molecular weight is 264 g/mol. The maximum Gasteiger partial charge on any atom is 0.162 e. The van der Waals surface area contributed by atoms with Crippen LogP contribution in [0.3, 0.4) is 0 Å². The van der Waals surface area contributed by atoms with Gasteiger partial charge in [0.1, 0.15) is 5.69 Å². The van der Waals surface area contributed by atoms with Crippen LogP contribution in [0.2, 0.25) is 0 Å². The highest BCUT2D eigenvalue weighted by Gasteiger charge is 2.13. The van der Waals surface area contributed by atoms with Gasteiger partial charge in [0.2, 0.25) is 0 Å². The van der Waals surface area contributed by atoms with Crippen molar-refractivity contribution < 1.29 is 5.11 Å². The second-order valence-electron chi connectivity index (χ2n) is 4.91. The van der Waals surface area contributed by atoms with E-state index in [0.717, 1.165) is 22.4 Å². The molecule has 2 aromatic carbocycles. The van der Waals surface area contributed by atoms with Crippen LogP contribution in [0.1, 0.15) is 11.1 Å². The van der Waals surface area contributed by atoms with Gasteiger partial charge in [-0.25, -0.2) is 4.68 Å². The lowest BCUT2D eigenvalue weighted by Gasteiger charge is -2.05. The van der Waals surface area contributed by atoms with Crippen LogP contribution in [-0.2, 0) is 0 Å². The summed E-state index contributed by atoms with van der Waals surface area (Å²) in [5.41, 5.74) is 4.76. The summed E-state index contributed by atoms with van der Waals surface area (Å²) in [6.45, 7) is 4.04. The first-order valence-electron chi connectivity index (χ1n) is 6.57. The van der Waals surface area contributed by atoms with Crippen molar-refractivity contribution in [3.63, 3.8) is 0 Å². The normalized spacial score (nSPS) is 10.7. The number of aromatic hydroxyl groups is 1. The molecular weight excluding hydrogens is 248 g/mol. The zero-order valence-electron chi connectivity index (χ0n) is 11.5. The number of hydrogen-bond donors (Lipinski definition) is 1. The molecule has 0 fully saturated rings. The molecule has 1 aromatic heterocycles. The summed E-state index contributed by atoms with van der Waals surface area (Å²) >= 11 is 0. The highest BCUT2D eigenvalue weighted by atomic mass is 16.3. The van der Waals surface area contributed by atoms with Crippen molar-refractivity contribution in [1.82, 2.24) is 9.78 Å². The predicted molar refractivity (Wildman–Crippen MR) is 80.1 cm³/mol. The third-order valence-electron chi connectivity index (χ3n) is 3.46. The number of nitrogens with zero attached hydrogens (tertiary/aromatic N) is 2. The Morgan fingerprint density at radius 3 is 2.25 bits per heavy atom. The second-order valence-corrected chi connectivity index (χ2v) is 4.91. The minimum atomic E-state index is 0.197. The van der Waals surface area contributed by atoms with Gasteiger partial charge < -0.3 is 5.11 Å². The van der Waals surface area contributed by atoms with Gasteiger partial charge in [-0.3, -0.25) is 0 Å². The first-order valence-corrected chi connectivity index (χ1v) is 6.57. The lowest BCUT2D eigenvalue weighted by molar-refractivity contribution is 0.477. The Labute approximate surface area is 118 Å². The second kappa shape index (κ2) is 4.85. The summed E-state index contributed by atoms with van der Waals surface area (Å²) in [5, 5.41) is 14.7. The molecule has 0 saturated carbocycles. The molecule has 1 N–H and O–H groups in total. The van der Waals surface area contributed by atoms with Crippen molar-refractivity contribution in [3.8, 4) is 22.7 Å². The summed E-state index contributed by atoms with van der Waals surface area (Å²) in [7, 11) is 0. The lowest BCUT2D eigenvalue weighted by Crippen LogP contribution is -1.97. The molecule has 0 amide bonds. The molecule has 3 aromatic rings. The Hall–Kier alpha value is -2.55. The van der Waals surface area contributed by atoms with E-state index in [-0.39, 0.29) is 5.75 Å². The highest BCUT2D eigenvalue weighted by molar-refractivity contribution is 5.69. The average Bonchev–Trinajstić information content (AvgIpc) is 2.81. The van der Waals surface area contributed by atoms with Crippen LogP contribution in [-0.4, -0.2) is 14.9 Å². The Morgan fingerprint density at radius 1 is 0.900 bits per heavy atom. The number of rotatable bonds is 2. The lowest BCUT2D eigenvalue weighted by atomic mass is 10.1. The van der Waals surface area contributed by atoms with Crippen molar-refractivity contribution in [2.75, 3.05) is 0 Å². The van der Waals surface area contributed by atoms with Gasteiger partial charge in [0, 0.05) is 5.56 Å². The fourth-order valence-electron chi connectivity index (χ4n) is 2.34. The van der Waals surface area contributed by atoms with Crippen LogP contribution in [0.5, 0.6) is 5.75 Å². The van der Waals surface area contributed by atoms with E-state index in [0.29, 0.717) is 5.69 Å². The Kier molecular flexibility index (Phi) is 3.03. The molecule has 1 heterocycles. The summed E-state index contributed by atoms with van der Waals surface area (Å²) in [6, 6.07) is 15.9. The van der Waals surface area contributed by atoms with E-state index in [1.54, 1.807) is 10.9 Å². The van der Waals surface area contributed by atoms with Crippen LogP contribution in [0.15, 0.2) is 54.7 Å². The van der Waals surface area contributed by atoms with Gasteiger partial charge in [0.05, 0.1) is 11.9 Å². The Balaban J connectivity index is 2.13. The smallest absolute Gasteiger partial charge is 0.162 e. The predicted octanol–water partition coefficient (Wildman–Crippen LogP) is 3.86. The molecule has 0 aliphatic rings. The maximum atomic E-state index is 10.2. The Bertz CT molecular complexity index is 759. The van der Waals surface area contributed by atoms with Crippen LogP contribution < -0.4 is 0 Å². The molecule has 0 radical (unpaired) electrons. The quantitative estimate of drug-likeness (QED) is 0.763. The first-order chi connectivity index (χ1) is 9.66. The molecule has 0 aliphatic carbocycles. The SMILES string of the molecule is Cc1ccccc1-c1nn(-c2ccccc2C)cc1O. The van der Waals surface area contributed by atoms with Gasteiger partial charge in [-0.2, -0.15) is 5.10 Å². The number of aryl methyl sites for hydroxylation is 2. The molecule has 100 valence electrons. The summed E-state index contributed by atoms with van der Waals surface area (Å²) in [6.07, 6.45) is 1.66. The van der Waals surface area contributed by atoms with Crippen molar-refractivity contribution in [2.45, 2.75) is 13.8 Å². The minimum Gasteiger partial charge on any atom is -0.504 e. The zero-order chi connectivity index (χ0) is 14.1. The molecule has 0 bridgehead atoms. The van der Waals surface area contributed by atoms with Gasteiger partial charge in [0.25, 0.3) is 0 Å². The molecule has 3 rings (SSSR count). The molecule has 0 atom stereocenters. The van der Waals surface area contributed by atoms with Crippen LogP contribution in [0, 0.1) is 13.8 Å². The van der Waals surface area contributed by atoms with Crippen LogP contribution >= 0.6 is 0 Å².